The summed E-state index contributed by atoms with van der Waals surface area (Å²) in [4.78, 5) is 11.8. The molecule has 0 bridgehead atoms. The molecule has 0 spiro atoms. The van der Waals surface area contributed by atoms with Gasteiger partial charge in [0.25, 0.3) is 0 Å². The highest BCUT2D eigenvalue weighted by Crippen LogP contribution is 2.22. The highest BCUT2D eigenvalue weighted by molar-refractivity contribution is 7.92. The Bertz CT molecular complexity index is 522. The van der Waals surface area contributed by atoms with Crippen LogP contribution >= 0.6 is 0 Å². The summed E-state index contributed by atoms with van der Waals surface area (Å²) in [5, 5.41) is 7.62. The number of hydrogen-bond acceptors (Lipinski definition) is 5. The van der Waals surface area contributed by atoms with Gasteiger partial charge in [0.2, 0.25) is 5.91 Å². The van der Waals surface area contributed by atoms with Crippen LogP contribution in [0.4, 0.5) is 11.5 Å². The molecular formula is C9H14N4O3S. The first-order chi connectivity index (χ1) is 8.00. The molecule has 1 fully saturated rings. The molecule has 1 saturated heterocycles. The van der Waals surface area contributed by atoms with Crippen molar-refractivity contribution < 1.29 is 13.2 Å². The Morgan fingerprint density at radius 2 is 2.29 bits per heavy atom. The molecule has 17 heavy (non-hydrogen) atoms. The molecule has 0 saturated carbocycles. The number of nitrogens with one attached hydrogen (secondary N) is 2. The predicted molar refractivity (Wildman–Crippen MR) is 63.1 cm³/mol. The number of carbonyl (C=O) groups is 1. The first kappa shape index (κ1) is 11.9. The van der Waals surface area contributed by atoms with Crippen molar-refractivity contribution in [3.8, 4) is 0 Å². The van der Waals surface area contributed by atoms with E-state index in [0.717, 1.165) is 6.42 Å². The molecule has 2 rings (SSSR count). The molecule has 1 aromatic heterocycles. The van der Waals surface area contributed by atoms with Crippen LogP contribution in [0, 0.1) is 0 Å². The van der Waals surface area contributed by atoms with Gasteiger partial charge in [-0.25, -0.2) is 8.42 Å². The molecule has 2 heterocycles. The van der Waals surface area contributed by atoms with Crippen LogP contribution in [0.5, 0.6) is 0 Å². The Morgan fingerprint density at radius 1 is 1.53 bits per heavy atom. The minimum absolute atomic E-state index is 0.0730. The van der Waals surface area contributed by atoms with Crippen molar-refractivity contribution in [2.45, 2.75) is 24.5 Å². The summed E-state index contributed by atoms with van der Waals surface area (Å²) in [5.74, 6) is -0.222. The average Bonchev–Trinajstić information content (AvgIpc) is 2.63. The van der Waals surface area contributed by atoms with Gasteiger partial charge in [-0.05, 0) is 12.8 Å². The van der Waals surface area contributed by atoms with Crippen LogP contribution in [0.2, 0.25) is 0 Å². The van der Waals surface area contributed by atoms with E-state index >= 15 is 0 Å². The standard InChI is InChI=1S/C9H14N4O3S/c10-6-5-11-13-8(6)12-9(14)7-3-1-2-4-17(7,15)16/h5,7H,1-4,10H2,(H2,11,12,13,14). The molecule has 1 aliphatic heterocycles. The van der Waals surface area contributed by atoms with Gasteiger partial charge in [-0.15, -0.1) is 0 Å². The number of aromatic nitrogens is 2. The number of nitrogens with two attached hydrogens (primary N) is 1. The number of amides is 1. The topological polar surface area (TPSA) is 118 Å². The van der Waals surface area contributed by atoms with Crippen molar-refractivity contribution in [1.29, 1.82) is 0 Å². The fraction of sp³-hybridized carbons (Fsp3) is 0.556. The lowest BCUT2D eigenvalue weighted by molar-refractivity contribution is -0.116. The van der Waals surface area contributed by atoms with Gasteiger partial charge in [-0.3, -0.25) is 9.89 Å². The summed E-state index contributed by atoms with van der Waals surface area (Å²) < 4.78 is 23.4. The monoisotopic (exact) mass is 258 g/mol. The quantitative estimate of drug-likeness (QED) is 0.684. The molecule has 0 aliphatic carbocycles. The van der Waals surface area contributed by atoms with E-state index in [1.54, 1.807) is 0 Å². The molecular weight excluding hydrogens is 244 g/mol. The Balaban J connectivity index is 2.13. The van der Waals surface area contributed by atoms with Gasteiger partial charge in [0.15, 0.2) is 15.7 Å². The molecule has 1 aromatic rings. The van der Waals surface area contributed by atoms with E-state index in [1.165, 1.54) is 6.20 Å². The van der Waals surface area contributed by atoms with Crippen LogP contribution in [0.1, 0.15) is 19.3 Å². The van der Waals surface area contributed by atoms with Gasteiger partial charge in [-0.1, -0.05) is 6.42 Å². The molecule has 7 nitrogen and oxygen atoms in total. The highest BCUT2D eigenvalue weighted by atomic mass is 32.2. The summed E-state index contributed by atoms with van der Waals surface area (Å²) in [6, 6.07) is 0. The van der Waals surface area contributed by atoms with E-state index in [4.69, 9.17) is 5.73 Å². The fourth-order valence-corrected chi connectivity index (χ4v) is 3.65. The normalized spacial score (nSPS) is 23.2. The Labute approximate surface area is 98.7 Å². The van der Waals surface area contributed by atoms with Crippen molar-refractivity contribution in [1.82, 2.24) is 10.2 Å². The van der Waals surface area contributed by atoms with Gasteiger partial charge in [0, 0.05) is 0 Å². The maximum atomic E-state index is 11.8. The molecule has 8 heteroatoms. The molecule has 4 N–H and O–H groups in total. The van der Waals surface area contributed by atoms with Gasteiger partial charge in [0.05, 0.1) is 17.6 Å². The average molecular weight is 258 g/mol. The number of anilines is 2. The zero-order valence-corrected chi connectivity index (χ0v) is 9.96. The second kappa shape index (κ2) is 4.36. The molecule has 0 radical (unpaired) electrons. The van der Waals surface area contributed by atoms with Crippen LogP contribution in [-0.4, -0.2) is 35.5 Å². The lowest BCUT2D eigenvalue weighted by Gasteiger charge is -2.21. The van der Waals surface area contributed by atoms with E-state index in [-0.39, 0.29) is 17.3 Å². The number of hydrogen-bond donors (Lipinski definition) is 3. The van der Waals surface area contributed by atoms with E-state index in [1.807, 2.05) is 0 Å². The minimum Gasteiger partial charge on any atom is -0.394 e. The second-order valence-corrected chi connectivity index (χ2v) is 6.34. The van der Waals surface area contributed by atoms with Crippen molar-refractivity contribution in [2.24, 2.45) is 0 Å². The third-order valence-electron chi connectivity index (χ3n) is 2.79. The molecule has 1 unspecified atom stereocenters. The summed E-state index contributed by atoms with van der Waals surface area (Å²) in [6.07, 6.45) is 3.08. The number of aromatic amines is 1. The zero-order chi connectivity index (χ0) is 12.5. The smallest absolute Gasteiger partial charge is 0.243 e. The third-order valence-corrected chi connectivity index (χ3v) is 4.96. The first-order valence-electron chi connectivity index (χ1n) is 5.32. The van der Waals surface area contributed by atoms with Gasteiger partial charge in [0.1, 0.15) is 5.25 Å². The summed E-state index contributed by atoms with van der Waals surface area (Å²) in [6.45, 7) is 0. The van der Waals surface area contributed by atoms with Crippen molar-refractivity contribution in [2.75, 3.05) is 16.8 Å². The van der Waals surface area contributed by atoms with E-state index in [0.29, 0.717) is 12.8 Å². The second-order valence-electron chi connectivity index (χ2n) is 4.04. The maximum Gasteiger partial charge on any atom is 0.243 e. The highest BCUT2D eigenvalue weighted by Gasteiger charge is 2.35. The summed E-state index contributed by atoms with van der Waals surface area (Å²) in [7, 11) is -3.33. The number of H-pyrrole nitrogens is 1. The molecule has 0 aromatic carbocycles. The molecule has 1 aliphatic rings. The lowest BCUT2D eigenvalue weighted by atomic mass is 10.2. The largest absolute Gasteiger partial charge is 0.394 e. The first-order valence-corrected chi connectivity index (χ1v) is 7.03. The van der Waals surface area contributed by atoms with Crippen molar-refractivity contribution in [3.05, 3.63) is 6.20 Å². The van der Waals surface area contributed by atoms with Crippen LogP contribution in [0.15, 0.2) is 6.20 Å². The number of nitrogens with zero attached hydrogens (tertiary/aromatic N) is 1. The minimum atomic E-state index is -3.33. The van der Waals surface area contributed by atoms with Crippen molar-refractivity contribution >= 4 is 27.2 Å². The lowest BCUT2D eigenvalue weighted by Crippen LogP contribution is -2.39. The summed E-state index contributed by atoms with van der Waals surface area (Å²) in [5.41, 5.74) is 5.81. The van der Waals surface area contributed by atoms with E-state index < -0.39 is 21.0 Å². The van der Waals surface area contributed by atoms with Crippen LogP contribution in [0.25, 0.3) is 0 Å². The van der Waals surface area contributed by atoms with Gasteiger partial charge >= 0.3 is 0 Å². The van der Waals surface area contributed by atoms with Crippen LogP contribution in [0.3, 0.4) is 0 Å². The molecule has 1 amide bonds. The molecule has 94 valence electrons. The van der Waals surface area contributed by atoms with E-state index in [9.17, 15) is 13.2 Å². The van der Waals surface area contributed by atoms with E-state index in [2.05, 4.69) is 15.5 Å². The zero-order valence-electron chi connectivity index (χ0n) is 9.14. The third kappa shape index (κ3) is 2.41. The number of nitrogen functional groups attached to an aromatic ring is 1. The predicted octanol–water partition coefficient (Wildman–Crippen LogP) is -0.102. The molecule has 1 atom stereocenters. The van der Waals surface area contributed by atoms with Crippen molar-refractivity contribution in [3.63, 3.8) is 0 Å². The number of rotatable bonds is 2. The Morgan fingerprint density at radius 3 is 2.88 bits per heavy atom. The van der Waals surface area contributed by atoms with Gasteiger partial charge in [-0.2, -0.15) is 5.10 Å². The van der Waals surface area contributed by atoms with Gasteiger partial charge < -0.3 is 11.1 Å². The number of sulfone groups is 1. The van der Waals surface area contributed by atoms with Crippen LogP contribution in [-0.2, 0) is 14.6 Å². The SMILES string of the molecule is Nc1cn[nH]c1NC(=O)C1CCCCS1(=O)=O. The maximum absolute atomic E-state index is 11.8. The fourth-order valence-electron chi connectivity index (χ4n) is 1.85. The number of carbonyl (C=O) groups excluding carboxylic acids is 1. The van der Waals surface area contributed by atoms with Crippen LogP contribution < -0.4 is 11.1 Å². The summed E-state index contributed by atoms with van der Waals surface area (Å²) >= 11 is 0. The Kier molecular flexibility index (Phi) is 3.05. The Hall–Kier alpha value is -1.57.